The van der Waals surface area contributed by atoms with E-state index in [2.05, 4.69) is 46.2 Å². The Morgan fingerprint density at radius 3 is 2.59 bits per heavy atom. The molecule has 0 fully saturated rings. The monoisotopic (exact) mass is 400 g/mol. The number of benzene rings is 1. The molecular formula is C20H24N4OS2. The smallest absolute Gasteiger partial charge is 0.234 e. The van der Waals surface area contributed by atoms with Crippen LogP contribution >= 0.6 is 23.1 Å². The average Bonchev–Trinajstić information content (AvgIpc) is 3.24. The van der Waals surface area contributed by atoms with Crippen LogP contribution in [0.3, 0.4) is 0 Å². The van der Waals surface area contributed by atoms with Gasteiger partial charge in [-0.3, -0.25) is 4.79 Å². The van der Waals surface area contributed by atoms with E-state index in [0.717, 1.165) is 35.2 Å². The van der Waals surface area contributed by atoms with Gasteiger partial charge in [-0.05, 0) is 44.9 Å². The Labute approximate surface area is 168 Å². The number of rotatable bonds is 7. The largest absolute Gasteiger partial charge is 0.325 e. The molecule has 0 saturated heterocycles. The van der Waals surface area contributed by atoms with Gasteiger partial charge in [-0.15, -0.1) is 21.5 Å². The number of carbonyl (C=O) groups is 1. The summed E-state index contributed by atoms with van der Waals surface area (Å²) in [5.74, 6) is 1.15. The molecule has 0 spiro atoms. The Morgan fingerprint density at radius 1 is 1.19 bits per heavy atom. The SMILES string of the molecule is CCc1c(-c2nnc(SCC(=O)Nc3ccc(C)cc3)n2CC)csc1C. The van der Waals surface area contributed by atoms with E-state index in [1.54, 1.807) is 11.3 Å². The van der Waals surface area contributed by atoms with Crippen molar-refractivity contribution < 1.29 is 4.79 Å². The first kappa shape index (κ1) is 19.6. The van der Waals surface area contributed by atoms with Gasteiger partial charge in [0.05, 0.1) is 5.75 Å². The summed E-state index contributed by atoms with van der Waals surface area (Å²) in [6, 6.07) is 7.79. The van der Waals surface area contributed by atoms with Crippen LogP contribution in [0.4, 0.5) is 5.69 Å². The molecule has 1 amide bonds. The predicted molar refractivity (Wildman–Crippen MR) is 114 cm³/mol. The number of aryl methyl sites for hydroxylation is 2. The van der Waals surface area contributed by atoms with Gasteiger partial charge in [0, 0.05) is 28.1 Å². The zero-order chi connectivity index (χ0) is 19.4. The van der Waals surface area contributed by atoms with Crippen LogP contribution in [-0.4, -0.2) is 26.4 Å². The van der Waals surface area contributed by atoms with Gasteiger partial charge in [0.1, 0.15) is 0 Å². The van der Waals surface area contributed by atoms with Gasteiger partial charge >= 0.3 is 0 Å². The number of hydrogen-bond donors (Lipinski definition) is 1. The number of nitrogens with one attached hydrogen (secondary N) is 1. The lowest BCUT2D eigenvalue weighted by molar-refractivity contribution is -0.113. The first-order valence-corrected chi connectivity index (χ1v) is 10.9. The summed E-state index contributed by atoms with van der Waals surface area (Å²) in [5.41, 5.74) is 4.47. The number of hydrogen-bond acceptors (Lipinski definition) is 5. The van der Waals surface area contributed by atoms with Crippen LogP contribution in [0, 0.1) is 13.8 Å². The van der Waals surface area contributed by atoms with Crippen molar-refractivity contribution in [3.63, 3.8) is 0 Å². The number of amides is 1. The second-order valence-electron chi connectivity index (χ2n) is 6.29. The Bertz CT molecular complexity index is 928. The molecule has 0 atom stereocenters. The quantitative estimate of drug-likeness (QED) is 0.571. The molecule has 3 rings (SSSR count). The van der Waals surface area contributed by atoms with Gasteiger partial charge in [0.2, 0.25) is 5.91 Å². The summed E-state index contributed by atoms with van der Waals surface area (Å²) >= 11 is 3.17. The van der Waals surface area contributed by atoms with E-state index in [0.29, 0.717) is 5.75 Å². The fraction of sp³-hybridized carbons (Fsp3) is 0.350. The van der Waals surface area contributed by atoms with Crippen molar-refractivity contribution in [2.45, 2.75) is 45.8 Å². The van der Waals surface area contributed by atoms with Gasteiger partial charge in [-0.1, -0.05) is 36.4 Å². The number of nitrogens with zero attached hydrogens (tertiary/aromatic N) is 3. The average molecular weight is 401 g/mol. The summed E-state index contributed by atoms with van der Waals surface area (Å²) in [6.45, 7) is 9.17. The maximum absolute atomic E-state index is 12.3. The standard InChI is InChI=1S/C20H24N4OS2/c1-5-16-14(4)26-11-17(16)19-22-23-20(24(19)6-2)27-12-18(25)21-15-9-7-13(3)8-10-15/h7-11H,5-6,12H2,1-4H3,(H,21,25). The molecule has 0 aliphatic rings. The molecule has 2 heterocycles. The van der Waals surface area contributed by atoms with Crippen molar-refractivity contribution in [3.8, 4) is 11.4 Å². The first-order chi connectivity index (χ1) is 13.0. The van der Waals surface area contributed by atoms with Crippen molar-refractivity contribution in [1.82, 2.24) is 14.8 Å². The molecule has 3 aromatic rings. The van der Waals surface area contributed by atoms with Gasteiger partial charge in [0.25, 0.3) is 0 Å². The number of thioether (sulfide) groups is 1. The number of thiophene rings is 1. The highest BCUT2D eigenvalue weighted by atomic mass is 32.2. The molecule has 0 aliphatic carbocycles. The van der Waals surface area contributed by atoms with Gasteiger partial charge in [-0.25, -0.2) is 0 Å². The van der Waals surface area contributed by atoms with Crippen molar-refractivity contribution in [3.05, 3.63) is 45.6 Å². The highest BCUT2D eigenvalue weighted by Crippen LogP contribution is 2.32. The molecule has 0 radical (unpaired) electrons. The molecule has 5 nitrogen and oxygen atoms in total. The zero-order valence-electron chi connectivity index (χ0n) is 16.1. The topological polar surface area (TPSA) is 59.8 Å². The van der Waals surface area contributed by atoms with Crippen LogP contribution < -0.4 is 5.32 Å². The lowest BCUT2D eigenvalue weighted by Gasteiger charge is -2.08. The molecule has 2 aromatic heterocycles. The molecule has 7 heteroatoms. The predicted octanol–water partition coefficient (Wildman–Crippen LogP) is 4.94. The molecule has 142 valence electrons. The van der Waals surface area contributed by atoms with Crippen molar-refractivity contribution in [1.29, 1.82) is 0 Å². The third kappa shape index (κ3) is 4.42. The fourth-order valence-corrected chi connectivity index (χ4v) is 4.69. The van der Waals surface area contributed by atoms with E-state index in [1.165, 1.54) is 27.8 Å². The zero-order valence-corrected chi connectivity index (χ0v) is 17.7. The van der Waals surface area contributed by atoms with Gasteiger partial charge < -0.3 is 9.88 Å². The third-order valence-corrected chi connectivity index (χ3v) is 6.32. The normalized spacial score (nSPS) is 11.0. The number of aromatic nitrogens is 3. The molecule has 0 bridgehead atoms. The minimum atomic E-state index is -0.0447. The van der Waals surface area contributed by atoms with Gasteiger partial charge in [-0.2, -0.15) is 0 Å². The minimum absolute atomic E-state index is 0.0447. The van der Waals surface area contributed by atoms with Crippen molar-refractivity contribution in [2.24, 2.45) is 0 Å². The molecule has 0 saturated carbocycles. The lowest BCUT2D eigenvalue weighted by Crippen LogP contribution is -2.14. The van der Waals surface area contributed by atoms with Crippen LogP contribution in [-0.2, 0) is 17.8 Å². The second kappa shape index (κ2) is 8.71. The molecule has 1 N–H and O–H groups in total. The van der Waals surface area contributed by atoms with E-state index < -0.39 is 0 Å². The van der Waals surface area contributed by atoms with E-state index in [9.17, 15) is 4.79 Å². The molecule has 0 aliphatic heterocycles. The summed E-state index contributed by atoms with van der Waals surface area (Å²) in [7, 11) is 0. The first-order valence-electron chi connectivity index (χ1n) is 9.03. The molecule has 27 heavy (non-hydrogen) atoms. The van der Waals surface area contributed by atoms with E-state index >= 15 is 0 Å². The maximum Gasteiger partial charge on any atom is 0.234 e. The Balaban J connectivity index is 1.71. The van der Waals surface area contributed by atoms with Crippen LogP contribution in [0.5, 0.6) is 0 Å². The minimum Gasteiger partial charge on any atom is -0.325 e. The van der Waals surface area contributed by atoms with Gasteiger partial charge in [0.15, 0.2) is 11.0 Å². The Hall–Kier alpha value is -2.12. The molecular weight excluding hydrogens is 376 g/mol. The van der Waals surface area contributed by atoms with Crippen LogP contribution in [0.1, 0.15) is 29.9 Å². The molecule has 1 aromatic carbocycles. The van der Waals surface area contributed by atoms with E-state index in [-0.39, 0.29) is 5.91 Å². The summed E-state index contributed by atoms with van der Waals surface area (Å²) < 4.78 is 2.09. The molecule has 0 unspecified atom stereocenters. The van der Waals surface area contributed by atoms with Crippen molar-refractivity contribution >= 4 is 34.7 Å². The maximum atomic E-state index is 12.3. The third-order valence-electron chi connectivity index (χ3n) is 4.40. The summed E-state index contributed by atoms with van der Waals surface area (Å²) in [4.78, 5) is 13.6. The fourth-order valence-electron chi connectivity index (χ4n) is 2.95. The highest BCUT2D eigenvalue weighted by Gasteiger charge is 2.18. The van der Waals surface area contributed by atoms with Crippen LogP contribution in [0.25, 0.3) is 11.4 Å². The summed E-state index contributed by atoms with van der Waals surface area (Å²) in [5, 5.41) is 14.6. The van der Waals surface area contributed by atoms with E-state index in [4.69, 9.17) is 0 Å². The Morgan fingerprint density at radius 2 is 1.93 bits per heavy atom. The number of anilines is 1. The number of carbonyl (C=O) groups excluding carboxylic acids is 1. The summed E-state index contributed by atoms with van der Waals surface area (Å²) in [6.07, 6.45) is 0.975. The van der Waals surface area contributed by atoms with Crippen LogP contribution in [0.15, 0.2) is 34.8 Å². The van der Waals surface area contributed by atoms with Crippen molar-refractivity contribution in [2.75, 3.05) is 11.1 Å². The lowest BCUT2D eigenvalue weighted by atomic mass is 10.1. The highest BCUT2D eigenvalue weighted by molar-refractivity contribution is 7.99. The Kier molecular flexibility index (Phi) is 6.34. The van der Waals surface area contributed by atoms with E-state index in [1.807, 2.05) is 31.2 Å². The van der Waals surface area contributed by atoms with Crippen LogP contribution in [0.2, 0.25) is 0 Å². The second-order valence-corrected chi connectivity index (χ2v) is 8.32.